The number of aromatic nitrogens is 2. The Bertz CT molecular complexity index is 393. The molecule has 17 heavy (non-hydrogen) atoms. The van der Waals surface area contributed by atoms with Gasteiger partial charge in [-0.25, -0.2) is 9.97 Å². The van der Waals surface area contributed by atoms with Gasteiger partial charge < -0.3 is 10.4 Å². The summed E-state index contributed by atoms with van der Waals surface area (Å²) in [5, 5.41) is 12.4. The number of hydrogen-bond acceptors (Lipinski definition) is 4. The molecule has 2 N–H and O–H groups in total. The highest BCUT2D eigenvalue weighted by atomic mass is 79.9. The molecule has 1 aliphatic carbocycles. The minimum atomic E-state index is 0.273. The minimum absolute atomic E-state index is 0.273. The summed E-state index contributed by atoms with van der Waals surface area (Å²) in [5.41, 5.74) is 0.304. The van der Waals surface area contributed by atoms with Crippen LogP contribution in [0.1, 0.15) is 32.0 Å². The Hall–Kier alpha value is -0.680. The van der Waals surface area contributed by atoms with E-state index in [1.54, 1.807) is 0 Å². The monoisotopic (exact) mass is 299 g/mol. The number of halogens is 1. The predicted octanol–water partition coefficient (Wildman–Crippen LogP) is 2.38. The number of hydrogen-bond donors (Lipinski definition) is 2. The quantitative estimate of drug-likeness (QED) is 0.792. The van der Waals surface area contributed by atoms with E-state index in [2.05, 4.69) is 31.2 Å². The van der Waals surface area contributed by atoms with Crippen molar-refractivity contribution in [2.75, 3.05) is 18.5 Å². The highest BCUT2D eigenvalue weighted by Gasteiger charge is 2.41. The van der Waals surface area contributed by atoms with E-state index in [-0.39, 0.29) is 6.61 Å². The van der Waals surface area contributed by atoms with E-state index in [1.807, 2.05) is 13.0 Å². The fraction of sp³-hybridized carbons (Fsp3) is 0.667. The van der Waals surface area contributed by atoms with Gasteiger partial charge in [-0.05, 0) is 40.6 Å². The normalized spacial score (nSPS) is 16.9. The van der Waals surface area contributed by atoms with E-state index in [4.69, 9.17) is 5.11 Å². The zero-order chi connectivity index (χ0) is 12.3. The topological polar surface area (TPSA) is 58.0 Å². The average Bonchev–Trinajstić information content (AvgIpc) is 3.07. The number of aryl methyl sites for hydroxylation is 1. The molecular formula is C12H18BrN3O. The van der Waals surface area contributed by atoms with E-state index in [0.717, 1.165) is 35.6 Å². The SMILES string of the molecule is CCc1nc(Br)cc(NCC2(CCO)CC2)n1. The molecule has 1 aliphatic rings. The lowest BCUT2D eigenvalue weighted by Gasteiger charge is -2.15. The molecule has 0 bridgehead atoms. The van der Waals surface area contributed by atoms with Crippen LogP contribution in [0.2, 0.25) is 0 Å². The first kappa shape index (κ1) is 12.8. The van der Waals surface area contributed by atoms with Gasteiger partial charge in [-0.3, -0.25) is 0 Å². The molecule has 2 rings (SSSR count). The summed E-state index contributed by atoms with van der Waals surface area (Å²) >= 11 is 3.39. The van der Waals surface area contributed by atoms with Crippen LogP contribution in [0.3, 0.4) is 0 Å². The number of rotatable bonds is 6. The van der Waals surface area contributed by atoms with Gasteiger partial charge in [0.1, 0.15) is 16.2 Å². The molecule has 1 aromatic rings. The van der Waals surface area contributed by atoms with Crippen LogP contribution in [-0.4, -0.2) is 28.2 Å². The third-order valence-electron chi connectivity index (χ3n) is 3.30. The fourth-order valence-corrected chi connectivity index (χ4v) is 2.34. The fourth-order valence-electron chi connectivity index (χ4n) is 1.92. The van der Waals surface area contributed by atoms with Crippen molar-refractivity contribution in [3.05, 3.63) is 16.5 Å². The lowest BCUT2D eigenvalue weighted by molar-refractivity contribution is 0.253. The molecule has 1 fully saturated rings. The lowest BCUT2D eigenvalue weighted by Crippen LogP contribution is -2.17. The van der Waals surface area contributed by atoms with Gasteiger partial charge in [0.05, 0.1) is 0 Å². The van der Waals surface area contributed by atoms with Crippen molar-refractivity contribution in [2.45, 2.75) is 32.6 Å². The number of aliphatic hydroxyl groups excluding tert-OH is 1. The second kappa shape index (κ2) is 5.31. The van der Waals surface area contributed by atoms with Crippen molar-refractivity contribution >= 4 is 21.7 Å². The molecule has 0 aliphatic heterocycles. The van der Waals surface area contributed by atoms with E-state index in [1.165, 1.54) is 12.8 Å². The van der Waals surface area contributed by atoms with Crippen LogP contribution < -0.4 is 5.32 Å². The van der Waals surface area contributed by atoms with Gasteiger partial charge >= 0.3 is 0 Å². The first-order chi connectivity index (χ1) is 8.17. The van der Waals surface area contributed by atoms with E-state index >= 15 is 0 Å². The summed E-state index contributed by atoms with van der Waals surface area (Å²) in [4.78, 5) is 8.70. The first-order valence-electron chi connectivity index (χ1n) is 6.06. The van der Waals surface area contributed by atoms with Crippen LogP contribution >= 0.6 is 15.9 Å². The third-order valence-corrected chi connectivity index (χ3v) is 3.71. The van der Waals surface area contributed by atoms with E-state index < -0.39 is 0 Å². The largest absolute Gasteiger partial charge is 0.396 e. The van der Waals surface area contributed by atoms with Crippen molar-refractivity contribution < 1.29 is 5.11 Å². The van der Waals surface area contributed by atoms with Crippen molar-refractivity contribution in [2.24, 2.45) is 5.41 Å². The van der Waals surface area contributed by atoms with Crippen LogP contribution in [0, 0.1) is 5.41 Å². The Morgan fingerprint density at radius 2 is 2.24 bits per heavy atom. The number of nitrogens with zero attached hydrogens (tertiary/aromatic N) is 2. The Morgan fingerprint density at radius 1 is 1.47 bits per heavy atom. The zero-order valence-corrected chi connectivity index (χ0v) is 11.6. The molecule has 0 saturated heterocycles. The molecule has 1 saturated carbocycles. The van der Waals surface area contributed by atoms with Gasteiger partial charge in [0.25, 0.3) is 0 Å². The maximum Gasteiger partial charge on any atom is 0.131 e. The van der Waals surface area contributed by atoms with Crippen LogP contribution in [0.15, 0.2) is 10.7 Å². The van der Waals surface area contributed by atoms with Crippen LogP contribution in [-0.2, 0) is 6.42 Å². The van der Waals surface area contributed by atoms with Gasteiger partial charge in [0, 0.05) is 25.6 Å². The molecular weight excluding hydrogens is 282 g/mol. The number of anilines is 1. The number of nitrogens with one attached hydrogen (secondary N) is 1. The average molecular weight is 300 g/mol. The second-order valence-corrected chi connectivity index (χ2v) is 5.49. The Kier molecular flexibility index (Phi) is 3.99. The molecule has 1 heterocycles. The van der Waals surface area contributed by atoms with Crippen molar-refractivity contribution in [1.29, 1.82) is 0 Å². The summed E-state index contributed by atoms with van der Waals surface area (Å²) < 4.78 is 0.818. The summed E-state index contributed by atoms with van der Waals surface area (Å²) in [5.74, 6) is 1.71. The highest BCUT2D eigenvalue weighted by Crippen LogP contribution is 2.48. The van der Waals surface area contributed by atoms with Crippen LogP contribution in [0.25, 0.3) is 0 Å². The molecule has 94 valence electrons. The summed E-state index contributed by atoms with van der Waals surface area (Å²) in [6.45, 7) is 3.20. The summed E-state index contributed by atoms with van der Waals surface area (Å²) in [6.07, 6.45) is 4.11. The third kappa shape index (κ3) is 3.39. The molecule has 4 nitrogen and oxygen atoms in total. The van der Waals surface area contributed by atoms with E-state index in [9.17, 15) is 0 Å². The van der Waals surface area contributed by atoms with Crippen molar-refractivity contribution in [1.82, 2.24) is 9.97 Å². The maximum absolute atomic E-state index is 9.00. The van der Waals surface area contributed by atoms with Crippen molar-refractivity contribution in [3.8, 4) is 0 Å². The lowest BCUT2D eigenvalue weighted by atomic mass is 10.0. The first-order valence-corrected chi connectivity index (χ1v) is 6.85. The van der Waals surface area contributed by atoms with Crippen LogP contribution in [0.5, 0.6) is 0 Å². The van der Waals surface area contributed by atoms with Gasteiger partial charge in [0.2, 0.25) is 0 Å². The molecule has 0 spiro atoms. The Balaban J connectivity index is 1.97. The predicted molar refractivity (Wildman–Crippen MR) is 71.0 cm³/mol. The van der Waals surface area contributed by atoms with Gasteiger partial charge in [-0.2, -0.15) is 0 Å². The molecule has 0 amide bonds. The van der Waals surface area contributed by atoms with Gasteiger partial charge in [-0.1, -0.05) is 6.92 Å². The molecule has 0 radical (unpaired) electrons. The van der Waals surface area contributed by atoms with Crippen molar-refractivity contribution in [3.63, 3.8) is 0 Å². The Labute approximate surface area is 110 Å². The zero-order valence-electron chi connectivity index (χ0n) is 10.0. The molecule has 0 unspecified atom stereocenters. The van der Waals surface area contributed by atoms with Gasteiger partial charge in [0.15, 0.2) is 0 Å². The summed E-state index contributed by atoms with van der Waals surface area (Å²) in [7, 11) is 0. The molecule has 5 heteroatoms. The standard InChI is InChI=1S/C12H18BrN3O/c1-2-10-15-9(13)7-11(16-10)14-8-12(3-4-12)5-6-17/h7,17H,2-6,8H2,1H3,(H,14,15,16). The highest BCUT2D eigenvalue weighted by molar-refractivity contribution is 9.10. The minimum Gasteiger partial charge on any atom is -0.396 e. The summed E-state index contributed by atoms with van der Waals surface area (Å²) in [6, 6.07) is 1.90. The van der Waals surface area contributed by atoms with Crippen LogP contribution in [0.4, 0.5) is 5.82 Å². The molecule has 0 aromatic carbocycles. The smallest absolute Gasteiger partial charge is 0.131 e. The number of aliphatic hydroxyl groups is 1. The Morgan fingerprint density at radius 3 is 2.82 bits per heavy atom. The van der Waals surface area contributed by atoms with E-state index in [0.29, 0.717) is 5.41 Å². The van der Waals surface area contributed by atoms with Gasteiger partial charge in [-0.15, -0.1) is 0 Å². The second-order valence-electron chi connectivity index (χ2n) is 4.67. The molecule has 0 atom stereocenters. The molecule has 1 aromatic heterocycles. The maximum atomic E-state index is 9.00.